The van der Waals surface area contributed by atoms with E-state index < -0.39 is 0 Å². The first-order valence-electron chi connectivity index (χ1n) is 8.47. The Kier molecular flexibility index (Phi) is 6.68. The van der Waals surface area contributed by atoms with Crippen LogP contribution in [0, 0.1) is 11.3 Å². The van der Waals surface area contributed by atoms with Crippen LogP contribution in [-0.2, 0) is 4.74 Å². The van der Waals surface area contributed by atoms with Gasteiger partial charge >= 0.3 is 0 Å². The molecule has 2 unspecified atom stereocenters. The van der Waals surface area contributed by atoms with E-state index in [1.165, 1.54) is 70.6 Å². The fourth-order valence-electron chi connectivity index (χ4n) is 3.94. The third-order valence-corrected chi connectivity index (χ3v) is 6.60. The van der Waals surface area contributed by atoms with Crippen molar-refractivity contribution in [1.82, 2.24) is 0 Å². The molecule has 1 nitrogen and oxygen atoms in total. The first kappa shape index (κ1) is 15.8. The quantitative estimate of drug-likeness (QED) is 0.463. The monoisotopic (exact) mass is 330 g/mol. The summed E-state index contributed by atoms with van der Waals surface area (Å²) in [4.78, 5) is 0. The molecule has 0 radical (unpaired) electrons. The molecule has 0 amide bonds. The molecule has 0 bridgehead atoms. The van der Waals surface area contributed by atoms with Crippen LogP contribution >= 0.6 is 15.9 Å². The Morgan fingerprint density at radius 1 is 1.00 bits per heavy atom. The zero-order valence-corrected chi connectivity index (χ0v) is 14.2. The summed E-state index contributed by atoms with van der Waals surface area (Å²) >= 11 is 3.78. The fourth-order valence-corrected chi connectivity index (χ4v) is 4.66. The topological polar surface area (TPSA) is 9.23 Å². The second-order valence-electron chi connectivity index (χ2n) is 6.85. The number of hydrogen-bond acceptors (Lipinski definition) is 1. The van der Waals surface area contributed by atoms with Gasteiger partial charge in [0.2, 0.25) is 0 Å². The molecule has 112 valence electrons. The van der Waals surface area contributed by atoms with Crippen molar-refractivity contribution in [2.45, 2.75) is 83.7 Å². The third kappa shape index (κ3) is 4.46. The molecule has 2 fully saturated rings. The molecule has 19 heavy (non-hydrogen) atoms. The molecule has 0 heterocycles. The maximum absolute atomic E-state index is 6.45. The molecule has 2 rings (SSSR count). The maximum atomic E-state index is 6.45. The van der Waals surface area contributed by atoms with Gasteiger partial charge < -0.3 is 4.74 Å². The minimum Gasteiger partial charge on any atom is -0.377 e. The number of ether oxygens (including phenoxy) is 1. The molecular formula is C17H31BrO. The molecule has 2 heteroatoms. The van der Waals surface area contributed by atoms with Gasteiger partial charge in [-0.1, -0.05) is 67.8 Å². The summed E-state index contributed by atoms with van der Waals surface area (Å²) in [5.74, 6) is 0.826. The van der Waals surface area contributed by atoms with Crippen LogP contribution < -0.4 is 0 Å². The second-order valence-corrected chi connectivity index (χ2v) is 7.41. The molecule has 2 atom stereocenters. The van der Waals surface area contributed by atoms with Gasteiger partial charge in [-0.3, -0.25) is 0 Å². The number of halogens is 1. The van der Waals surface area contributed by atoms with Crippen molar-refractivity contribution in [3.05, 3.63) is 0 Å². The lowest BCUT2D eigenvalue weighted by Gasteiger charge is -2.36. The Balaban J connectivity index is 1.87. The zero-order chi connectivity index (χ0) is 13.6. The Morgan fingerprint density at radius 3 is 2.32 bits per heavy atom. The summed E-state index contributed by atoms with van der Waals surface area (Å²) < 4.78 is 6.45. The largest absolute Gasteiger partial charge is 0.377 e. The molecule has 0 aliphatic heterocycles. The van der Waals surface area contributed by atoms with E-state index in [-0.39, 0.29) is 0 Å². The van der Waals surface area contributed by atoms with Crippen LogP contribution in [0.4, 0.5) is 0 Å². The number of alkyl halides is 1. The van der Waals surface area contributed by atoms with Crippen molar-refractivity contribution < 1.29 is 4.74 Å². The molecule has 0 aromatic carbocycles. The van der Waals surface area contributed by atoms with E-state index in [1.807, 2.05) is 0 Å². The zero-order valence-electron chi connectivity index (χ0n) is 12.6. The normalized spacial score (nSPS) is 31.9. The SMILES string of the molecule is CCC1CCCCC1OCC1(CBr)CCCCCC1. The summed E-state index contributed by atoms with van der Waals surface area (Å²) in [6, 6.07) is 0. The average Bonchev–Trinajstić information content (AvgIpc) is 2.71. The lowest BCUT2D eigenvalue weighted by Crippen LogP contribution is -2.35. The molecule has 0 spiro atoms. The van der Waals surface area contributed by atoms with Gasteiger partial charge in [-0.2, -0.15) is 0 Å². The van der Waals surface area contributed by atoms with E-state index in [4.69, 9.17) is 4.74 Å². The van der Waals surface area contributed by atoms with E-state index in [2.05, 4.69) is 22.9 Å². The van der Waals surface area contributed by atoms with Crippen molar-refractivity contribution in [1.29, 1.82) is 0 Å². The van der Waals surface area contributed by atoms with Gasteiger partial charge in [-0.15, -0.1) is 0 Å². The predicted molar refractivity (Wildman–Crippen MR) is 85.9 cm³/mol. The highest BCUT2D eigenvalue weighted by Gasteiger charge is 2.33. The van der Waals surface area contributed by atoms with Crippen LogP contribution in [-0.4, -0.2) is 18.0 Å². The Labute approximate surface area is 128 Å². The third-order valence-electron chi connectivity index (χ3n) is 5.42. The van der Waals surface area contributed by atoms with Gasteiger partial charge in [0.05, 0.1) is 12.7 Å². The van der Waals surface area contributed by atoms with Crippen molar-refractivity contribution in [3.8, 4) is 0 Å². The average molecular weight is 331 g/mol. The molecule has 0 N–H and O–H groups in total. The van der Waals surface area contributed by atoms with E-state index >= 15 is 0 Å². The van der Waals surface area contributed by atoms with Crippen LogP contribution in [0.15, 0.2) is 0 Å². The predicted octanol–water partition coefficient (Wildman–Crippen LogP) is 5.71. The fraction of sp³-hybridized carbons (Fsp3) is 1.00. The summed E-state index contributed by atoms with van der Waals surface area (Å²) in [5.41, 5.74) is 0.437. The summed E-state index contributed by atoms with van der Waals surface area (Å²) in [6.45, 7) is 3.33. The molecule has 0 saturated heterocycles. The van der Waals surface area contributed by atoms with E-state index in [0.717, 1.165) is 17.9 Å². The molecule has 0 aromatic heterocycles. The van der Waals surface area contributed by atoms with Crippen LogP contribution in [0.5, 0.6) is 0 Å². The maximum Gasteiger partial charge on any atom is 0.0603 e. The highest BCUT2D eigenvalue weighted by Crippen LogP contribution is 2.38. The Bertz CT molecular complexity index is 246. The van der Waals surface area contributed by atoms with E-state index in [1.54, 1.807) is 0 Å². The Hall–Kier alpha value is 0.440. The van der Waals surface area contributed by atoms with Gasteiger partial charge in [0.1, 0.15) is 0 Å². The minimum atomic E-state index is 0.437. The Morgan fingerprint density at radius 2 is 1.68 bits per heavy atom. The van der Waals surface area contributed by atoms with Crippen LogP contribution in [0.1, 0.15) is 77.6 Å². The lowest BCUT2D eigenvalue weighted by molar-refractivity contribution is -0.0518. The number of rotatable bonds is 5. The molecule has 0 aromatic rings. The van der Waals surface area contributed by atoms with Crippen molar-refractivity contribution in [2.75, 3.05) is 11.9 Å². The standard InChI is InChI=1S/C17H31BrO/c1-2-15-9-5-6-10-16(15)19-14-17(13-18)11-7-3-4-8-12-17/h15-16H,2-14H2,1H3. The van der Waals surface area contributed by atoms with E-state index in [9.17, 15) is 0 Å². The summed E-state index contributed by atoms with van der Waals surface area (Å²) in [6.07, 6.45) is 15.7. The van der Waals surface area contributed by atoms with Gasteiger partial charge in [-0.25, -0.2) is 0 Å². The summed E-state index contributed by atoms with van der Waals surface area (Å²) in [5, 5.41) is 1.13. The highest BCUT2D eigenvalue weighted by molar-refractivity contribution is 9.09. The highest BCUT2D eigenvalue weighted by atomic mass is 79.9. The van der Waals surface area contributed by atoms with Gasteiger partial charge in [-0.05, 0) is 31.6 Å². The van der Waals surface area contributed by atoms with Crippen molar-refractivity contribution >= 4 is 15.9 Å². The van der Waals surface area contributed by atoms with Gasteiger partial charge in [0.15, 0.2) is 0 Å². The van der Waals surface area contributed by atoms with E-state index in [0.29, 0.717) is 11.5 Å². The summed E-state index contributed by atoms with van der Waals surface area (Å²) in [7, 11) is 0. The van der Waals surface area contributed by atoms with Crippen molar-refractivity contribution in [2.24, 2.45) is 11.3 Å². The minimum absolute atomic E-state index is 0.437. The molecule has 2 aliphatic carbocycles. The molecule has 2 aliphatic rings. The second kappa shape index (κ2) is 8.02. The smallest absolute Gasteiger partial charge is 0.0603 e. The van der Waals surface area contributed by atoms with Crippen LogP contribution in [0.3, 0.4) is 0 Å². The van der Waals surface area contributed by atoms with Crippen LogP contribution in [0.25, 0.3) is 0 Å². The van der Waals surface area contributed by atoms with Gasteiger partial charge in [0, 0.05) is 10.7 Å². The lowest BCUT2D eigenvalue weighted by atomic mass is 9.82. The van der Waals surface area contributed by atoms with Crippen LogP contribution in [0.2, 0.25) is 0 Å². The molecule has 2 saturated carbocycles. The first-order chi connectivity index (χ1) is 9.29. The van der Waals surface area contributed by atoms with Crippen molar-refractivity contribution in [3.63, 3.8) is 0 Å². The first-order valence-corrected chi connectivity index (χ1v) is 9.59. The number of hydrogen-bond donors (Lipinski definition) is 0. The van der Waals surface area contributed by atoms with Gasteiger partial charge in [0.25, 0.3) is 0 Å². The molecular weight excluding hydrogens is 300 g/mol.